The van der Waals surface area contributed by atoms with E-state index in [1.165, 1.54) is 16.6 Å². The van der Waals surface area contributed by atoms with E-state index >= 15 is 0 Å². The molecule has 1 heterocycles. The topological polar surface area (TPSA) is 92.9 Å². The number of nitrogens with one attached hydrogen (secondary N) is 1. The highest BCUT2D eigenvalue weighted by atomic mass is 16.3. The molecule has 0 saturated heterocycles. The maximum Gasteiger partial charge on any atom is 0.251 e. The minimum atomic E-state index is -0.749. The Morgan fingerprint density at radius 3 is 2.31 bits per heavy atom. The molecule has 7 heteroatoms. The number of aliphatic hydroxyl groups excluding tert-OH is 1. The van der Waals surface area contributed by atoms with Gasteiger partial charge in [-0.1, -0.05) is 38.1 Å². The highest BCUT2D eigenvalue weighted by Gasteiger charge is 2.12. The highest BCUT2D eigenvalue weighted by molar-refractivity contribution is 5.94. The van der Waals surface area contributed by atoms with Crippen LogP contribution in [0, 0.1) is 0 Å². The van der Waals surface area contributed by atoms with Crippen LogP contribution < -0.4 is 5.32 Å². The first-order valence-corrected chi connectivity index (χ1v) is 8.44. The van der Waals surface area contributed by atoms with Crippen molar-refractivity contribution < 1.29 is 9.90 Å². The maximum absolute atomic E-state index is 12.3. The van der Waals surface area contributed by atoms with Gasteiger partial charge in [0, 0.05) is 12.1 Å². The van der Waals surface area contributed by atoms with Crippen LogP contribution in [-0.4, -0.2) is 37.8 Å². The van der Waals surface area contributed by atoms with E-state index in [0.29, 0.717) is 11.5 Å². The van der Waals surface area contributed by atoms with Gasteiger partial charge in [-0.25, -0.2) is 4.68 Å². The highest BCUT2D eigenvalue weighted by Crippen LogP contribution is 2.18. The van der Waals surface area contributed by atoms with E-state index in [4.69, 9.17) is 0 Å². The van der Waals surface area contributed by atoms with Gasteiger partial charge < -0.3 is 10.4 Å². The Labute approximate surface area is 151 Å². The van der Waals surface area contributed by atoms with Gasteiger partial charge >= 0.3 is 0 Å². The molecule has 1 unspecified atom stereocenters. The Hall–Kier alpha value is -3.06. The monoisotopic (exact) mass is 351 g/mol. The number of benzene rings is 2. The Morgan fingerprint density at radius 1 is 1.08 bits per heavy atom. The van der Waals surface area contributed by atoms with Gasteiger partial charge in [0.25, 0.3) is 5.91 Å². The van der Waals surface area contributed by atoms with Crippen LogP contribution in [0.5, 0.6) is 0 Å². The third-order valence-electron chi connectivity index (χ3n) is 4.19. The molecule has 134 valence electrons. The summed E-state index contributed by atoms with van der Waals surface area (Å²) < 4.78 is 1.51. The largest absolute Gasteiger partial charge is 0.387 e. The van der Waals surface area contributed by atoms with Crippen molar-refractivity contribution in [1.82, 2.24) is 25.5 Å². The van der Waals surface area contributed by atoms with Crippen LogP contribution in [-0.2, 0) is 0 Å². The van der Waals surface area contributed by atoms with Crippen molar-refractivity contribution in [2.24, 2.45) is 0 Å². The van der Waals surface area contributed by atoms with Crippen molar-refractivity contribution in [2.45, 2.75) is 25.9 Å². The molecule has 0 aliphatic heterocycles. The van der Waals surface area contributed by atoms with Crippen LogP contribution in [0.2, 0.25) is 0 Å². The molecule has 2 aromatic carbocycles. The van der Waals surface area contributed by atoms with Crippen molar-refractivity contribution in [3.8, 4) is 5.69 Å². The lowest BCUT2D eigenvalue weighted by molar-refractivity contribution is 0.0916. The molecule has 1 atom stereocenters. The van der Waals surface area contributed by atoms with E-state index in [1.54, 1.807) is 24.3 Å². The van der Waals surface area contributed by atoms with E-state index in [2.05, 4.69) is 34.7 Å². The number of hydrogen-bond donors (Lipinski definition) is 2. The summed E-state index contributed by atoms with van der Waals surface area (Å²) in [4.78, 5) is 12.3. The van der Waals surface area contributed by atoms with E-state index in [1.807, 2.05) is 24.3 Å². The molecule has 0 fully saturated rings. The zero-order chi connectivity index (χ0) is 18.5. The number of nitrogens with zero attached hydrogens (tertiary/aromatic N) is 4. The minimum Gasteiger partial charge on any atom is -0.387 e. The molecular weight excluding hydrogens is 330 g/mol. The molecule has 3 rings (SSSR count). The molecule has 26 heavy (non-hydrogen) atoms. The number of aromatic nitrogens is 4. The first kappa shape index (κ1) is 17.8. The fourth-order valence-electron chi connectivity index (χ4n) is 2.56. The zero-order valence-electron chi connectivity index (χ0n) is 14.7. The van der Waals surface area contributed by atoms with E-state index in [-0.39, 0.29) is 12.5 Å². The second-order valence-corrected chi connectivity index (χ2v) is 6.35. The molecule has 0 bridgehead atoms. The van der Waals surface area contributed by atoms with Crippen molar-refractivity contribution in [2.75, 3.05) is 6.54 Å². The van der Waals surface area contributed by atoms with Gasteiger partial charge in [0.1, 0.15) is 6.33 Å². The predicted molar refractivity (Wildman–Crippen MR) is 97.0 cm³/mol. The molecule has 7 nitrogen and oxygen atoms in total. The normalized spacial score (nSPS) is 12.2. The minimum absolute atomic E-state index is 0.147. The second-order valence-electron chi connectivity index (χ2n) is 6.35. The van der Waals surface area contributed by atoms with Crippen molar-refractivity contribution in [3.05, 3.63) is 71.5 Å². The van der Waals surface area contributed by atoms with Crippen molar-refractivity contribution in [3.63, 3.8) is 0 Å². The quantitative estimate of drug-likeness (QED) is 0.710. The number of aliphatic hydroxyl groups is 1. The molecule has 1 aromatic heterocycles. The summed E-state index contributed by atoms with van der Waals surface area (Å²) in [7, 11) is 0. The number of hydrogen-bond acceptors (Lipinski definition) is 5. The van der Waals surface area contributed by atoms with Gasteiger partial charge in [0.2, 0.25) is 0 Å². The number of rotatable bonds is 6. The average Bonchev–Trinajstić information content (AvgIpc) is 3.21. The fourth-order valence-corrected chi connectivity index (χ4v) is 2.56. The van der Waals surface area contributed by atoms with E-state index < -0.39 is 6.10 Å². The first-order valence-electron chi connectivity index (χ1n) is 8.44. The van der Waals surface area contributed by atoms with Gasteiger partial charge in [-0.15, -0.1) is 5.10 Å². The smallest absolute Gasteiger partial charge is 0.251 e. The molecule has 1 amide bonds. The number of carbonyl (C=O) groups is 1. The van der Waals surface area contributed by atoms with Crippen LogP contribution in [0.15, 0.2) is 54.9 Å². The number of tetrazole rings is 1. The van der Waals surface area contributed by atoms with E-state index in [9.17, 15) is 9.90 Å². The Kier molecular flexibility index (Phi) is 5.38. The predicted octanol–water partition coefficient (Wildman–Crippen LogP) is 2.25. The molecule has 0 aliphatic carbocycles. The fraction of sp³-hybridized carbons (Fsp3) is 0.263. The molecular formula is C19H21N5O2. The summed E-state index contributed by atoms with van der Waals surface area (Å²) >= 11 is 0. The van der Waals surface area contributed by atoms with Crippen molar-refractivity contribution in [1.29, 1.82) is 0 Å². The summed E-state index contributed by atoms with van der Waals surface area (Å²) in [6.45, 7) is 4.39. The Bertz CT molecular complexity index is 843. The zero-order valence-corrected chi connectivity index (χ0v) is 14.7. The van der Waals surface area contributed by atoms with Gasteiger partial charge in [-0.05, 0) is 51.7 Å². The maximum atomic E-state index is 12.3. The lowest BCUT2D eigenvalue weighted by Gasteiger charge is -2.14. The van der Waals surface area contributed by atoms with Crippen LogP contribution in [0.25, 0.3) is 5.69 Å². The Morgan fingerprint density at radius 2 is 1.73 bits per heavy atom. The summed E-state index contributed by atoms with van der Waals surface area (Å²) in [5.41, 5.74) is 3.26. The third-order valence-corrected chi connectivity index (χ3v) is 4.19. The van der Waals surface area contributed by atoms with Gasteiger partial charge in [0.15, 0.2) is 0 Å². The lowest BCUT2D eigenvalue weighted by Crippen LogP contribution is -2.28. The van der Waals surface area contributed by atoms with E-state index in [0.717, 1.165) is 11.3 Å². The number of carbonyl (C=O) groups excluding carboxylic acids is 1. The third kappa shape index (κ3) is 4.12. The van der Waals surface area contributed by atoms with Crippen LogP contribution >= 0.6 is 0 Å². The first-order chi connectivity index (χ1) is 12.5. The van der Waals surface area contributed by atoms with Crippen molar-refractivity contribution >= 4 is 5.91 Å². The number of amides is 1. The molecule has 3 aromatic rings. The lowest BCUT2D eigenvalue weighted by atomic mass is 10.00. The average molecular weight is 351 g/mol. The summed E-state index contributed by atoms with van der Waals surface area (Å²) in [5, 5.41) is 24.0. The molecule has 0 saturated carbocycles. The summed E-state index contributed by atoms with van der Waals surface area (Å²) in [6, 6.07) is 14.7. The van der Waals surface area contributed by atoms with Gasteiger partial charge in [-0.3, -0.25) is 4.79 Å². The molecule has 0 spiro atoms. The molecule has 2 N–H and O–H groups in total. The van der Waals surface area contributed by atoms with Crippen LogP contribution in [0.4, 0.5) is 0 Å². The summed E-state index contributed by atoms with van der Waals surface area (Å²) in [5.74, 6) is 0.197. The standard InChI is InChI=1S/C19H21N5O2/c1-13(2)14-3-5-15(6-4-14)18(25)11-20-19(26)16-7-9-17(10-8-16)24-12-21-22-23-24/h3-10,12-13,18,25H,11H2,1-2H3,(H,20,26). The van der Waals surface area contributed by atoms with Gasteiger partial charge in [-0.2, -0.15) is 0 Å². The van der Waals surface area contributed by atoms with Crippen LogP contribution in [0.1, 0.15) is 47.4 Å². The SMILES string of the molecule is CC(C)c1ccc(C(O)CNC(=O)c2ccc(-n3cnnn3)cc2)cc1. The van der Waals surface area contributed by atoms with Crippen LogP contribution in [0.3, 0.4) is 0 Å². The molecule has 0 aliphatic rings. The molecule has 0 radical (unpaired) electrons. The summed E-state index contributed by atoms with van der Waals surface area (Å²) in [6.07, 6.45) is 0.733. The Balaban J connectivity index is 1.57. The van der Waals surface area contributed by atoms with Gasteiger partial charge in [0.05, 0.1) is 11.8 Å². The second kappa shape index (κ2) is 7.88.